The molecule has 0 unspecified atom stereocenters. The molecule has 2 aromatic rings. The molecule has 12 heteroatoms. The fourth-order valence-electron chi connectivity index (χ4n) is 3.08. The van der Waals surface area contributed by atoms with Crippen molar-refractivity contribution in [2.75, 3.05) is 19.5 Å². The first-order chi connectivity index (χ1) is 17.8. The third kappa shape index (κ3) is 10.0. The number of amides is 3. The van der Waals surface area contributed by atoms with Crippen LogP contribution in [-0.4, -0.2) is 43.6 Å². The van der Waals surface area contributed by atoms with Crippen molar-refractivity contribution in [2.45, 2.75) is 39.7 Å². The number of carbonyl (C=O) groups is 3. The predicted octanol–water partition coefficient (Wildman–Crippen LogP) is 5.14. The van der Waals surface area contributed by atoms with Crippen molar-refractivity contribution in [3.63, 3.8) is 0 Å². The van der Waals surface area contributed by atoms with E-state index in [1.807, 2.05) is 0 Å². The summed E-state index contributed by atoms with van der Waals surface area (Å²) in [4.78, 5) is 45.8. The first kappa shape index (κ1) is 30.6. The molecule has 0 radical (unpaired) electrons. The van der Waals surface area contributed by atoms with Gasteiger partial charge in [0.15, 0.2) is 0 Å². The molecule has 0 fully saturated rings. The van der Waals surface area contributed by atoms with E-state index in [4.69, 9.17) is 37.5 Å². The van der Waals surface area contributed by atoms with Crippen molar-refractivity contribution in [2.24, 2.45) is 4.99 Å². The van der Waals surface area contributed by atoms with E-state index in [0.717, 1.165) is 0 Å². The molecule has 0 aliphatic rings. The zero-order valence-electron chi connectivity index (χ0n) is 21.9. The Labute approximate surface area is 231 Å². The number of nitrogens with one attached hydrogen (secondary N) is 3. The Morgan fingerprint density at radius 2 is 1.63 bits per heavy atom. The fourth-order valence-corrected chi connectivity index (χ4v) is 3.71. The van der Waals surface area contributed by atoms with Crippen LogP contribution in [-0.2, 0) is 25.6 Å². The number of carbonyl (C=O) groups excluding carboxylic acids is 3. The lowest BCUT2D eigenvalue weighted by Gasteiger charge is -2.18. The predicted molar refractivity (Wildman–Crippen MR) is 147 cm³/mol. The molecule has 204 valence electrons. The van der Waals surface area contributed by atoms with Gasteiger partial charge < -0.3 is 20.1 Å². The minimum absolute atomic E-state index is 0.0218. The molecule has 3 amide bonds. The summed E-state index contributed by atoms with van der Waals surface area (Å²) in [6, 6.07) is 10.0. The lowest BCUT2D eigenvalue weighted by atomic mass is 10.1. The molecule has 2 rings (SSSR count). The van der Waals surface area contributed by atoms with Crippen LogP contribution >= 0.6 is 23.2 Å². The third-order valence-corrected chi connectivity index (χ3v) is 5.15. The Morgan fingerprint density at radius 1 is 1.03 bits per heavy atom. The van der Waals surface area contributed by atoms with Crippen LogP contribution in [0.3, 0.4) is 0 Å². The molecule has 0 bridgehead atoms. The summed E-state index contributed by atoms with van der Waals surface area (Å²) >= 11 is 12.6. The maximum absolute atomic E-state index is 13.0. The molecule has 0 spiro atoms. The van der Waals surface area contributed by atoms with E-state index in [0.29, 0.717) is 22.6 Å². The molecule has 0 atom stereocenters. The highest BCUT2D eigenvalue weighted by atomic mass is 35.5. The number of ether oxygens (including phenoxy) is 2. The highest BCUT2D eigenvalue weighted by Crippen LogP contribution is 2.32. The van der Waals surface area contributed by atoms with Crippen LogP contribution in [0, 0.1) is 0 Å². The summed E-state index contributed by atoms with van der Waals surface area (Å²) in [7, 11) is 2.95. The van der Waals surface area contributed by atoms with E-state index in [2.05, 4.69) is 21.1 Å². The van der Waals surface area contributed by atoms with Gasteiger partial charge in [0.05, 0.1) is 35.6 Å². The Morgan fingerprint density at radius 3 is 2.13 bits per heavy atom. The molecule has 3 N–H and O–H groups in total. The van der Waals surface area contributed by atoms with Gasteiger partial charge in [0.25, 0.3) is 5.91 Å². The summed E-state index contributed by atoms with van der Waals surface area (Å²) in [5.74, 6) is -0.324. The number of nitrogens with zero attached hydrogens (tertiary/aromatic N) is 1. The Balaban J connectivity index is 2.38. The van der Waals surface area contributed by atoms with Crippen molar-refractivity contribution in [1.82, 2.24) is 10.8 Å². The molecule has 10 nitrogen and oxygen atoms in total. The summed E-state index contributed by atoms with van der Waals surface area (Å²) in [5.41, 5.74) is 3.61. The molecule has 0 saturated carbocycles. The van der Waals surface area contributed by atoms with E-state index in [1.54, 1.807) is 64.3 Å². The maximum Gasteiger partial charge on any atom is 0.435 e. The zero-order chi connectivity index (χ0) is 28.5. The molecule has 0 aliphatic carbocycles. The normalized spacial score (nSPS) is 12.0. The summed E-state index contributed by atoms with van der Waals surface area (Å²) < 4.78 is 10.4. The van der Waals surface area contributed by atoms with Gasteiger partial charge in [-0.1, -0.05) is 23.2 Å². The number of hydroxylamine groups is 1. The lowest BCUT2D eigenvalue weighted by Crippen LogP contribution is -2.33. The molecular weight excluding hydrogens is 535 g/mol. The van der Waals surface area contributed by atoms with E-state index in [1.165, 1.54) is 20.1 Å². The van der Waals surface area contributed by atoms with Crippen LogP contribution < -0.4 is 20.9 Å². The summed E-state index contributed by atoms with van der Waals surface area (Å²) in [6.07, 6.45) is 0.318. The minimum Gasteiger partial charge on any atom is -0.497 e. The van der Waals surface area contributed by atoms with Crippen molar-refractivity contribution < 1.29 is 28.7 Å². The average molecular weight is 565 g/mol. The number of hydrogen-bond donors (Lipinski definition) is 3. The topological polar surface area (TPSA) is 127 Å². The van der Waals surface area contributed by atoms with Gasteiger partial charge in [-0.05, 0) is 62.7 Å². The number of benzene rings is 2. The number of anilines is 1. The van der Waals surface area contributed by atoms with Gasteiger partial charge in [0, 0.05) is 25.0 Å². The second kappa shape index (κ2) is 13.8. The highest BCUT2D eigenvalue weighted by Gasteiger charge is 2.18. The van der Waals surface area contributed by atoms with Crippen LogP contribution in [0.15, 0.2) is 47.5 Å². The fraction of sp³-hybridized carbons (Fsp3) is 0.308. The van der Waals surface area contributed by atoms with Crippen LogP contribution in [0.25, 0.3) is 5.70 Å². The van der Waals surface area contributed by atoms with Gasteiger partial charge in [-0.2, -0.15) is 4.99 Å². The third-order valence-electron chi connectivity index (χ3n) is 4.55. The molecule has 0 heterocycles. The number of amidine groups is 1. The monoisotopic (exact) mass is 564 g/mol. The second-order valence-corrected chi connectivity index (χ2v) is 9.73. The van der Waals surface area contributed by atoms with Crippen LogP contribution in [0.1, 0.15) is 38.8 Å². The zero-order valence-corrected chi connectivity index (χ0v) is 23.4. The molecule has 0 saturated heterocycles. The Kier molecular flexibility index (Phi) is 11.1. The number of methoxy groups -OCH3 is 1. The largest absolute Gasteiger partial charge is 0.497 e. The van der Waals surface area contributed by atoms with Crippen molar-refractivity contribution >= 4 is 58.3 Å². The van der Waals surface area contributed by atoms with E-state index < -0.39 is 17.6 Å². The molecule has 0 aliphatic heterocycles. The van der Waals surface area contributed by atoms with Crippen LogP contribution in [0.2, 0.25) is 10.0 Å². The Hall–Kier alpha value is -3.60. The smallest absolute Gasteiger partial charge is 0.435 e. The van der Waals surface area contributed by atoms with E-state index in [9.17, 15) is 14.4 Å². The molecule has 0 aromatic heterocycles. The number of rotatable bonds is 8. The minimum atomic E-state index is -0.894. The Bertz CT molecular complexity index is 1210. The van der Waals surface area contributed by atoms with Crippen molar-refractivity contribution in [1.29, 1.82) is 0 Å². The van der Waals surface area contributed by atoms with Gasteiger partial charge >= 0.3 is 6.09 Å². The van der Waals surface area contributed by atoms with Gasteiger partial charge in [-0.25, -0.2) is 4.79 Å². The first-order valence-electron chi connectivity index (χ1n) is 11.3. The second-order valence-electron chi connectivity index (χ2n) is 8.91. The molecule has 2 aromatic carbocycles. The molecular formula is C26H30Cl2N4O6. The summed E-state index contributed by atoms with van der Waals surface area (Å²) in [6.45, 7) is 6.41. The standard InChI is InChI=1S/C26H30Cl2N4O6/c1-15(33)29-24-19(27)11-16(12-20(24)28)13-22(31-25(35)38-26(2,3)4)30-23(34)14-21(32-37-6)17-7-9-18(36-5)10-8-17/h7-12,14,32H,13H2,1-6H3,(H,29,33)(H,30,31,34,35). The van der Waals surface area contributed by atoms with Crippen LogP contribution in [0.5, 0.6) is 5.75 Å². The summed E-state index contributed by atoms with van der Waals surface area (Å²) in [5, 5.41) is 5.52. The van der Waals surface area contributed by atoms with Gasteiger partial charge in [-0.15, -0.1) is 0 Å². The van der Waals surface area contributed by atoms with Crippen LogP contribution in [0.4, 0.5) is 10.5 Å². The number of hydrogen-bond acceptors (Lipinski definition) is 7. The highest BCUT2D eigenvalue weighted by molar-refractivity contribution is 6.39. The van der Waals surface area contributed by atoms with Crippen molar-refractivity contribution in [3.05, 3.63) is 63.6 Å². The molecule has 38 heavy (non-hydrogen) atoms. The van der Waals surface area contributed by atoms with Gasteiger partial charge in [0.2, 0.25) is 5.91 Å². The SMILES string of the molecule is CONC(=CC(=O)NC(Cc1cc(Cl)c(NC(C)=O)c(Cl)c1)=NC(=O)OC(C)(C)C)c1ccc(OC)cc1. The quantitative estimate of drug-likeness (QED) is 0.175. The first-order valence-corrected chi connectivity index (χ1v) is 12.1. The number of aliphatic imine (C=N–C) groups is 1. The van der Waals surface area contributed by atoms with E-state index >= 15 is 0 Å². The number of halogens is 2. The van der Waals surface area contributed by atoms with Crippen molar-refractivity contribution in [3.8, 4) is 5.75 Å². The van der Waals surface area contributed by atoms with Gasteiger partial charge in [0.1, 0.15) is 17.2 Å². The average Bonchev–Trinajstić information content (AvgIpc) is 2.79. The lowest BCUT2D eigenvalue weighted by molar-refractivity contribution is -0.115. The maximum atomic E-state index is 13.0. The van der Waals surface area contributed by atoms with Gasteiger partial charge in [-0.3, -0.25) is 19.9 Å². The van der Waals surface area contributed by atoms with E-state index in [-0.39, 0.29) is 33.9 Å².